The lowest BCUT2D eigenvalue weighted by atomic mass is 10.1. The molecule has 4 aromatic rings. The van der Waals surface area contributed by atoms with Crippen molar-refractivity contribution in [3.8, 4) is 0 Å². The molecule has 0 saturated heterocycles. The van der Waals surface area contributed by atoms with Gasteiger partial charge in [-0.1, -0.05) is 45.4 Å². The minimum atomic E-state index is 1.07. The first kappa shape index (κ1) is 36.4. The fourth-order valence-corrected chi connectivity index (χ4v) is 6.68. The Kier molecular flexibility index (Phi) is 12.9. The van der Waals surface area contributed by atoms with E-state index in [-0.39, 0.29) is 0 Å². The minimum absolute atomic E-state index is 1.07. The molecule has 0 aromatic heterocycles. The lowest BCUT2D eigenvalue weighted by Crippen LogP contribution is -2.25. The van der Waals surface area contributed by atoms with Crippen LogP contribution in [-0.4, -0.2) is 56.3 Å². The van der Waals surface area contributed by atoms with Gasteiger partial charge in [0.1, 0.15) is 14.1 Å². The van der Waals surface area contributed by atoms with Crippen LogP contribution < -0.4 is 19.3 Å². The number of rotatable bonds is 15. The molecule has 0 heterocycles. The third-order valence-electron chi connectivity index (χ3n) is 9.20. The van der Waals surface area contributed by atoms with Crippen LogP contribution in [-0.2, 0) is 0 Å². The zero-order valence-electron chi connectivity index (χ0n) is 31.4. The van der Waals surface area contributed by atoms with Crippen LogP contribution in [0.1, 0.15) is 58.9 Å². The maximum Gasteiger partial charge on any atom is 0.212 e. The molecule has 0 radical (unpaired) electrons. The summed E-state index contributed by atoms with van der Waals surface area (Å²) < 4.78 is 4.47. The minimum Gasteiger partial charge on any atom is -0.372 e. The normalized spacial score (nSPS) is 12.3. The second kappa shape index (κ2) is 17.7. The van der Waals surface area contributed by atoms with Gasteiger partial charge in [-0.15, -0.1) is 0 Å². The highest BCUT2D eigenvalue weighted by molar-refractivity contribution is 6.18. The molecule has 5 rings (SSSR count). The quantitative estimate of drug-likeness (QED) is 0.0927. The molecule has 0 atom stereocenters. The molecule has 0 N–H and O–H groups in total. The molecule has 0 unspecified atom stereocenters. The Morgan fingerprint density at radius 3 is 1.10 bits per heavy atom. The largest absolute Gasteiger partial charge is 0.372 e. The lowest BCUT2D eigenvalue weighted by molar-refractivity contribution is -0.462. The molecule has 1 aliphatic carbocycles. The highest BCUT2D eigenvalue weighted by atomic mass is 15.2. The Labute approximate surface area is 301 Å². The van der Waals surface area contributed by atoms with Crippen molar-refractivity contribution in [3.63, 3.8) is 0 Å². The van der Waals surface area contributed by atoms with E-state index >= 15 is 0 Å². The van der Waals surface area contributed by atoms with Crippen molar-refractivity contribution in [3.05, 3.63) is 127 Å². The number of anilines is 5. The van der Waals surface area contributed by atoms with Gasteiger partial charge in [-0.25, -0.2) is 4.58 Å². The summed E-state index contributed by atoms with van der Waals surface area (Å²) in [4.78, 5) is 7.38. The number of aryl methyl sites for hydroxylation is 1. The summed E-state index contributed by atoms with van der Waals surface area (Å²) in [6, 6.07) is 36.1. The highest BCUT2D eigenvalue weighted by Gasteiger charge is 2.22. The van der Waals surface area contributed by atoms with Gasteiger partial charge in [-0.05, 0) is 93.3 Å². The molecule has 4 aromatic carbocycles. The molecule has 1 aliphatic rings. The van der Waals surface area contributed by atoms with Crippen molar-refractivity contribution in [1.29, 1.82) is 0 Å². The molecule has 5 nitrogen and oxygen atoms in total. The second-order valence-corrected chi connectivity index (χ2v) is 13.4. The zero-order chi connectivity index (χ0) is 35.5. The fraction of sp³-hybridized carbons (Fsp3) is 0.333. The predicted octanol–water partition coefficient (Wildman–Crippen LogP) is 10.8. The van der Waals surface area contributed by atoms with Crippen LogP contribution in [0.3, 0.4) is 0 Å². The third-order valence-corrected chi connectivity index (χ3v) is 9.20. The summed E-state index contributed by atoms with van der Waals surface area (Å²) in [5, 5.41) is 0. The van der Waals surface area contributed by atoms with Gasteiger partial charge in [-0.2, -0.15) is 4.58 Å². The van der Waals surface area contributed by atoms with Crippen molar-refractivity contribution >= 4 is 51.2 Å². The Balaban J connectivity index is 1.57. The van der Waals surface area contributed by atoms with E-state index in [2.05, 4.69) is 194 Å². The molecule has 0 bridgehead atoms. The first-order valence-electron chi connectivity index (χ1n) is 18.6. The summed E-state index contributed by atoms with van der Waals surface area (Å²) in [6.45, 7) is 15.4. The monoisotopic (exact) mass is 667 g/mol. The van der Waals surface area contributed by atoms with Gasteiger partial charge in [0.15, 0.2) is 5.71 Å². The summed E-state index contributed by atoms with van der Waals surface area (Å²) in [6.07, 6.45) is 13.3. The van der Waals surface area contributed by atoms with E-state index in [9.17, 15) is 0 Å². The Morgan fingerprint density at radius 2 is 0.740 bits per heavy atom. The first-order valence-corrected chi connectivity index (χ1v) is 18.6. The molecule has 0 amide bonds. The topological polar surface area (TPSA) is 15.7 Å². The molecule has 0 saturated carbocycles. The van der Waals surface area contributed by atoms with E-state index in [4.69, 9.17) is 0 Å². The molecular weight excluding hydrogens is 611 g/mol. The lowest BCUT2D eigenvalue weighted by Gasteiger charge is -2.29. The molecular formula is C45H57N5+2. The van der Waals surface area contributed by atoms with Gasteiger partial charge in [0.2, 0.25) is 17.1 Å². The maximum absolute atomic E-state index is 2.50. The average molecular weight is 668 g/mol. The highest BCUT2D eigenvalue weighted by Crippen LogP contribution is 2.37. The first-order chi connectivity index (χ1) is 24.4. The van der Waals surface area contributed by atoms with E-state index in [1.807, 2.05) is 0 Å². The van der Waals surface area contributed by atoms with E-state index in [0.717, 1.165) is 86.0 Å². The summed E-state index contributed by atoms with van der Waals surface area (Å²) >= 11 is 0. The molecule has 0 fully saturated rings. The Morgan fingerprint density at radius 1 is 0.420 bits per heavy atom. The zero-order valence-corrected chi connectivity index (χ0v) is 31.4. The van der Waals surface area contributed by atoms with E-state index < -0.39 is 0 Å². The molecule has 50 heavy (non-hydrogen) atoms. The summed E-state index contributed by atoms with van der Waals surface area (Å²) in [5.74, 6) is 0. The number of benzene rings is 4. The second-order valence-electron chi connectivity index (χ2n) is 13.4. The van der Waals surface area contributed by atoms with E-state index in [1.54, 1.807) is 0 Å². The van der Waals surface area contributed by atoms with Crippen LogP contribution in [0.25, 0.3) is 0 Å². The van der Waals surface area contributed by atoms with Crippen LogP contribution in [0.15, 0.2) is 121 Å². The van der Waals surface area contributed by atoms with Crippen LogP contribution in [0.2, 0.25) is 0 Å². The van der Waals surface area contributed by atoms with Crippen LogP contribution >= 0.6 is 0 Å². The smallest absolute Gasteiger partial charge is 0.212 e. The number of nitrogens with zero attached hydrogens (tertiary/aromatic N) is 5. The Hall–Kier alpha value is -4.90. The van der Waals surface area contributed by atoms with Crippen molar-refractivity contribution in [2.75, 3.05) is 55.0 Å². The van der Waals surface area contributed by atoms with Crippen LogP contribution in [0.4, 0.5) is 39.8 Å². The SMILES string of the molecule is CCCN(CCC)c1ccc(N(c2ccc(N(CCC)CCC)cc2)c2ccc([N+](=C3C=CC(=[N+](C)C)C=C3)c3ccc(C)cc3)cc2)cc1. The van der Waals surface area contributed by atoms with Crippen molar-refractivity contribution in [2.45, 2.75) is 60.3 Å². The van der Waals surface area contributed by atoms with Gasteiger partial charge in [0.05, 0.1) is 0 Å². The molecule has 5 heteroatoms. The number of hydrogen-bond donors (Lipinski definition) is 0. The number of hydrogen-bond acceptors (Lipinski definition) is 3. The maximum atomic E-state index is 2.50. The van der Waals surface area contributed by atoms with Gasteiger partial charge >= 0.3 is 0 Å². The predicted molar refractivity (Wildman–Crippen MR) is 220 cm³/mol. The van der Waals surface area contributed by atoms with Crippen molar-refractivity contribution in [1.82, 2.24) is 4.58 Å². The van der Waals surface area contributed by atoms with Gasteiger partial charge < -0.3 is 14.7 Å². The molecule has 260 valence electrons. The summed E-state index contributed by atoms with van der Waals surface area (Å²) in [7, 11) is 4.16. The number of allylic oxidation sites excluding steroid dienone is 4. The molecule has 0 aliphatic heterocycles. The van der Waals surface area contributed by atoms with Gasteiger partial charge in [-0.3, -0.25) is 0 Å². The van der Waals surface area contributed by atoms with E-state index in [1.165, 1.54) is 22.6 Å². The Bertz CT molecular complexity index is 1700. The van der Waals surface area contributed by atoms with E-state index in [0.29, 0.717) is 0 Å². The van der Waals surface area contributed by atoms with Crippen LogP contribution in [0, 0.1) is 6.92 Å². The average Bonchev–Trinajstić information content (AvgIpc) is 3.14. The van der Waals surface area contributed by atoms with Crippen molar-refractivity contribution in [2.24, 2.45) is 0 Å². The molecule has 0 spiro atoms. The summed E-state index contributed by atoms with van der Waals surface area (Å²) in [5.41, 5.74) is 11.8. The fourth-order valence-electron chi connectivity index (χ4n) is 6.68. The third kappa shape index (κ3) is 8.81. The van der Waals surface area contributed by atoms with Gasteiger partial charge in [0, 0.05) is 103 Å². The van der Waals surface area contributed by atoms with Crippen LogP contribution in [0.5, 0.6) is 0 Å². The van der Waals surface area contributed by atoms with Crippen molar-refractivity contribution < 1.29 is 4.58 Å². The van der Waals surface area contributed by atoms with Gasteiger partial charge in [0.25, 0.3) is 0 Å². The standard InChI is InChI=1S/C45H57N5/c1-8-32-47(33-9-2)38-18-24-42(25-19-38)50(43-26-20-39(21-27-43)48(34-10-3)35-11-4)45-30-28-44(29-31-45)49(40-14-12-36(5)13-15-40)41-22-16-37(17-23-41)46(6)7/h12-31H,8-11,32-35H2,1-7H3/q+2.